The maximum Gasteiger partial charge on any atom is 0.342 e. The van der Waals surface area contributed by atoms with Gasteiger partial charge < -0.3 is 29.2 Å². The summed E-state index contributed by atoms with van der Waals surface area (Å²) in [4.78, 5) is 24.4. The highest BCUT2D eigenvalue weighted by atomic mass is 16.7. The lowest BCUT2D eigenvalue weighted by Crippen LogP contribution is -2.29. The summed E-state index contributed by atoms with van der Waals surface area (Å²) in [6.07, 6.45) is 0.181. The molecule has 3 aromatic rings. The van der Waals surface area contributed by atoms with Crippen molar-refractivity contribution in [3.63, 3.8) is 0 Å². The number of esters is 1. The maximum atomic E-state index is 13.3. The number of carbonyl (C=O) groups is 2. The first kappa shape index (κ1) is 23.8. The Hall–Kier alpha value is -4.30. The van der Waals surface area contributed by atoms with Crippen molar-refractivity contribution in [1.29, 1.82) is 0 Å². The van der Waals surface area contributed by atoms with Crippen LogP contribution in [0.15, 0.2) is 78.4 Å². The van der Waals surface area contributed by atoms with Crippen molar-refractivity contribution in [2.75, 3.05) is 20.8 Å². The van der Waals surface area contributed by atoms with Crippen LogP contribution in [0.3, 0.4) is 0 Å². The fourth-order valence-corrected chi connectivity index (χ4v) is 3.97. The lowest BCUT2D eigenvalue weighted by Gasteiger charge is -2.26. The zero-order chi connectivity index (χ0) is 25.0. The summed E-state index contributed by atoms with van der Waals surface area (Å²) in [5.74, 6) is -2.88. The number of aliphatic hydroxyl groups is 1. The van der Waals surface area contributed by atoms with E-state index in [1.54, 1.807) is 36.4 Å². The van der Waals surface area contributed by atoms with Crippen LogP contribution in [0, 0.1) is 0 Å². The lowest BCUT2D eigenvalue weighted by molar-refractivity contribution is -0.185. The Labute approximate surface area is 202 Å². The average molecular weight is 476 g/mol. The van der Waals surface area contributed by atoms with Crippen LogP contribution in [0.5, 0.6) is 17.2 Å². The highest BCUT2D eigenvalue weighted by molar-refractivity contribution is 6.21. The number of ether oxygens (including phenoxy) is 4. The Morgan fingerprint density at radius 1 is 0.943 bits per heavy atom. The zero-order valence-electron chi connectivity index (χ0n) is 19.2. The van der Waals surface area contributed by atoms with Gasteiger partial charge in [-0.1, -0.05) is 30.3 Å². The molecule has 0 bridgehead atoms. The fraction of sp³-hybridized carbons (Fsp3) is 0.185. The van der Waals surface area contributed by atoms with Crippen molar-refractivity contribution in [1.82, 2.24) is 0 Å². The summed E-state index contributed by atoms with van der Waals surface area (Å²) in [6.45, 7) is -0.613. The van der Waals surface area contributed by atoms with Crippen LogP contribution in [0.4, 0.5) is 0 Å². The van der Waals surface area contributed by atoms with Gasteiger partial charge in [-0.25, -0.2) is 9.59 Å². The minimum Gasteiger partial charge on any atom is -0.497 e. The van der Waals surface area contributed by atoms with Gasteiger partial charge in [0.15, 0.2) is 6.61 Å². The van der Waals surface area contributed by atoms with Gasteiger partial charge in [-0.15, -0.1) is 0 Å². The molecule has 0 saturated heterocycles. The van der Waals surface area contributed by atoms with E-state index in [1.807, 2.05) is 30.3 Å². The first-order valence-electron chi connectivity index (χ1n) is 10.8. The topological polar surface area (TPSA) is 112 Å². The summed E-state index contributed by atoms with van der Waals surface area (Å²) >= 11 is 0. The van der Waals surface area contributed by atoms with Crippen molar-refractivity contribution in [2.45, 2.75) is 12.2 Å². The van der Waals surface area contributed by atoms with Crippen LogP contribution in [-0.2, 0) is 26.5 Å². The van der Waals surface area contributed by atoms with Crippen LogP contribution in [0.1, 0.15) is 16.7 Å². The third kappa shape index (κ3) is 4.83. The molecule has 8 heteroatoms. The largest absolute Gasteiger partial charge is 0.497 e. The fourth-order valence-electron chi connectivity index (χ4n) is 3.97. The number of methoxy groups -OCH3 is 2. The molecule has 0 aliphatic carbocycles. The van der Waals surface area contributed by atoms with Gasteiger partial charge in [0, 0.05) is 23.1 Å². The molecule has 0 amide bonds. The molecule has 35 heavy (non-hydrogen) atoms. The molecule has 0 fully saturated rings. The quantitative estimate of drug-likeness (QED) is 0.451. The van der Waals surface area contributed by atoms with Crippen LogP contribution >= 0.6 is 0 Å². The molecule has 1 heterocycles. The standard InChI is InChI=1S/C27H24O8/c1-32-19-10-8-18(9-11-19)27(31)22(14-17-6-4-3-5-7-17)25(26(30)35-27)21-15-20(33-2)12-13-23(21)34-16-24(28)29/h3-13,15,31H,14,16H2,1-2H3,(H,28,29). The van der Waals surface area contributed by atoms with Crippen LogP contribution in [0.25, 0.3) is 5.57 Å². The van der Waals surface area contributed by atoms with E-state index in [0.717, 1.165) is 5.56 Å². The maximum absolute atomic E-state index is 13.3. The molecule has 0 radical (unpaired) electrons. The normalized spacial score (nSPS) is 17.2. The van der Waals surface area contributed by atoms with E-state index >= 15 is 0 Å². The van der Waals surface area contributed by atoms with E-state index < -0.39 is 24.3 Å². The number of cyclic esters (lactones) is 1. The van der Waals surface area contributed by atoms with Gasteiger partial charge in [0.25, 0.3) is 5.79 Å². The number of aliphatic carboxylic acids is 1. The molecule has 3 aromatic carbocycles. The summed E-state index contributed by atoms with van der Waals surface area (Å²) in [6, 6.07) is 20.5. The number of benzene rings is 3. The monoisotopic (exact) mass is 476 g/mol. The molecular weight excluding hydrogens is 452 g/mol. The van der Waals surface area contributed by atoms with Gasteiger partial charge in [-0.2, -0.15) is 0 Å². The Bertz CT molecular complexity index is 1260. The van der Waals surface area contributed by atoms with E-state index in [-0.39, 0.29) is 28.9 Å². The SMILES string of the molecule is COc1ccc(C2(O)OC(=O)C(c3cc(OC)ccc3OCC(=O)O)=C2Cc2ccccc2)cc1. The third-order valence-electron chi connectivity index (χ3n) is 5.67. The van der Waals surface area contributed by atoms with Gasteiger partial charge in [-0.3, -0.25) is 0 Å². The molecule has 1 aliphatic rings. The van der Waals surface area contributed by atoms with E-state index in [2.05, 4.69) is 0 Å². The summed E-state index contributed by atoms with van der Waals surface area (Å²) in [7, 11) is 3.00. The van der Waals surface area contributed by atoms with Gasteiger partial charge in [0.05, 0.1) is 19.8 Å². The molecule has 180 valence electrons. The van der Waals surface area contributed by atoms with Crippen molar-refractivity contribution in [3.8, 4) is 17.2 Å². The minimum absolute atomic E-state index is 0.0754. The van der Waals surface area contributed by atoms with Crippen LogP contribution in [-0.4, -0.2) is 43.0 Å². The Kier molecular flexibility index (Phi) is 6.75. The minimum atomic E-state index is -2.07. The molecule has 8 nitrogen and oxygen atoms in total. The Morgan fingerprint density at radius 2 is 1.60 bits per heavy atom. The molecule has 0 saturated carbocycles. The van der Waals surface area contributed by atoms with Crippen LogP contribution in [0.2, 0.25) is 0 Å². The van der Waals surface area contributed by atoms with Gasteiger partial charge in [0.2, 0.25) is 0 Å². The zero-order valence-corrected chi connectivity index (χ0v) is 19.2. The molecule has 2 N–H and O–H groups in total. The van der Waals surface area contributed by atoms with Crippen molar-refractivity contribution in [2.24, 2.45) is 0 Å². The molecular formula is C27H24O8. The van der Waals surface area contributed by atoms with Gasteiger partial charge in [0.1, 0.15) is 17.2 Å². The number of hydrogen-bond acceptors (Lipinski definition) is 7. The number of carbonyl (C=O) groups excluding carboxylic acids is 1. The van der Waals surface area contributed by atoms with E-state index in [0.29, 0.717) is 17.1 Å². The number of carboxylic acids is 1. The summed E-state index contributed by atoms with van der Waals surface area (Å²) in [5, 5.41) is 20.9. The molecule has 4 rings (SSSR count). The van der Waals surface area contributed by atoms with E-state index in [1.165, 1.54) is 20.3 Å². The molecule has 0 spiro atoms. The first-order chi connectivity index (χ1) is 16.9. The second kappa shape index (κ2) is 9.90. The molecule has 1 unspecified atom stereocenters. The predicted molar refractivity (Wildman–Crippen MR) is 126 cm³/mol. The van der Waals surface area contributed by atoms with Crippen molar-refractivity contribution >= 4 is 17.5 Å². The lowest BCUT2D eigenvalue weighted by atomic mass is 9.87. The van der Waals surface area contributed by atoms with E-state index in [9.17, 15) is 14.7 Å². The molecule has 1 aliphatic heterocycles. The Balaban J connectivity index is 1.93. The number of rotatable bonds is 9. The van der Waals surface area contributed by atoms with Crippen molar-refractivity contribution < 1.29 is 38.7 Å². The molecule has 1 atom stereocenters. The average Bonchev–Trinajstić information content (AvgIpc) is 3.13. The Morgan fingerprint density at radius 3 is 2.23 bits per heavy atom. The predicted octanol–water partition coefficient (Wildman–Crippen LogP) is 3.57. The molecule has 0 aromatic heterocycles. The second-order valence-electron chi connectivity index (χ2n) is 7.82. The third-order valence-corrected chi connectivity index (χ3v) is 5.67. The van der Waals surface area contributed by atoms with Crippen LogP contribution < -0.4 is 14.2 Å². The highest BCUT2D eigenvalue weighted by Gasteiger charge is 2.48. The number of hydrogen-bond donors (Lipinski definition) is 2. The number of carboxylic acid groups (broad SMARTS) is 1. The van der Waals surface area contributed by atoms with Gasteiger partial charge in [-0.05, 0) is 48.0 Å². The summed E-state index contributed by atoms with van der Waals surface area (Å²) < 4.78 is 21.6. The second-order valence-corrected chi connectivity index (χ2v) is 7.82. The van der Waals surface area contributed by atoms with Gasteiger partial charge >= 0.3 is 11.9 Å². The van der Waals surface area contributed by atoms with E-state index in [4.69, 9.17) is 24.1 Å². The van der Waals surface area contributed by atoms with Crippen molar-refractivity contribution in [3.05, 3.63) is 95.1 Å². The highest BCUT2D eigenvalue weighted by Crippen LogP contribution is 2.47. The smallest absolute Gasteiger partial charge is 0.342 e. The summed E-state index contributed by atoms with van der Waals surface area (Å²) in [5.41, 5.74) is 1.79. The first-order valence-corrected chi connectivity index (χ1v) is 10.8.